The molecule has 2 N–H and O–H groups in total. The van der Waals surface area contributed by atoms with Crippen LogP contribution in [0.15, 0.2) is 18.2 Å². The topological polar surface area (TPSA) is 29.3 Å². The highest BCUT2D eigenvalue weighted by atomic mass is 35.5. The third-order valence-electron chi connectivity index (χ3n) is 3.59. The van der Waals surface area contributed by atoms with Crippen molar-refractivity contribution in [1.82, 2.24) is 4.90 Å². The van der Waals surface area contributed by atoms with Gasteiger partial charge in [0.1, 0.15) is 5.82 Å². The van der Waals surface area contributed by atoms with Gasteiger partial charge < -0.3 is 5.73 Å². The van der Waals surface area contributed by atoms with Gasteiger partial charge in [-0.2, -0.15) is 0 Å². The molecule has 2 atom stereocenters. The van der Waals surface area contributed by atoms with Gasteiger partial charge in [0.2, 0.25) is 0 Å². The lowest BCUT2D eigenvalue weighted by molar-refractivity contribution is 0.115. The maximum Gasteiger partial charge on any atom is 0.129 e. The lowest BCUT2D eigenvalue weighted by atomic mass is 9.96. The molecule has 1 aliphatic rings. The van der Waals surface area contributed by atoms with E-state index < -0.39 is 0 Å². The fourth-order valence-electron chi connectivity index (χ4n) is 2.71. The average Bonchev–Trinajstić information content (AvgIpc) is 2.60. The van der Waals surface area contributed by atoms with Crippen LogP contribution >= 0.6 is 11.6 Å². The predicted octanol–water partition coefficient (Wildman–Crippen LogP) is 3.35. The summed E-state index contributed by atoms with van der Waals surface area (Å²) in [6, 6.07) is 4.75. The number of benzene rings is 1. The third-order valence-corrected chi connectivity index (χ3v) is 3.82. The van der Waals surface area contributed by atoms with Crippen molar-refractivity contribution in [3.05, 3.63) is 34.6 Å². The molecule has 1 heterocycles. The molecule has 1 aromatic carbocycles. The van der Waals surface area contributed by atoms with E-state index in [1.54, 1.807) is 12.1 Å². The summed E-state index contributed by atoms with van der Waals surface area (Å²) >= 11 is 5.80. The van der Waals surface area contributed by atoms with E-state index in [9.17, 15) is 4.39 Å². The Morgan fingerprint density at radius 3 is 2.61 bits per heavy atom. The zero-order valence-corrected chi connectivity index (χ0v) is 11.8. The first kappa shape index (κ1) is 13.8. The maximum atomic E-state index is 14.1. The van der Waals surface area contributed by atoms with Gasteiger partial charge in [0, 0.05) is 28.7 Å². The Hall–Kier alpha value is -0.640. The van der Waals surface area contributed by atoms with E-state index in [1.807, 2.05) is 0 Å². The number of hydrogen-bond donors (Lipinski definition) is 1. The van der Waals surface area contributed by atoms with Crippen LogP contribution in [0, 0.1) is 5.82 Å². The van der Waals surface area contributed by atoms with Crippen LogP contribution in [0.2, 0.25) is 5.02 Å². The summed E-state index contributed by atoms with van der Waals surface area (Å²) in [5, 5.41) is 0.421. The van der Waals surface area contributed by atoms with Crippen molar-refractivity contribution in [3.8, 4) is 0 Å². The zero-order chi connectivity index (χ0) is 13.5. The van der Waals surface area contributed by atoms with Crippen molar-refractivity contribution in [1.29, 1.82) is 0 Å². The van der Waals surface area contributed by atoms with E-state index in [4.69, 9.17) is 17.3 Å². The molecule has 2 rings (SSSR count). The van der Waals surface area contributed by atoms with Crippen molar-refractivity contribution in [2.24, 2.45) is 5.73 Å². The smallest absolute Gasteiger partial charge is 0.129 e. The van der Waals surface area contributed by atoms with Gasteiger partial charge in [0.05, 0.1) is 6.04 Å². The molecule has 2 nitrogen and oxygen atoms in total. The molecular weight excluding hydrogens is 251 g/mol. The molecule has 0 radical (unpaired) electrons. The molecule has 0 spiro atoms. The Labute approximate surface area is 113 Å². The summed E-state index contributed by atoms with van der Waals surface area (Å²) in [4.78, 5) is 2.27. The van der Waals surface area contributed by atoms with Crippen LogP contribution in [0.3, 0.4) is 0 Å². The van der Waals surface area contributed by atoms with Gasteiger partial charge in [-0.05, 0) is 39.3 Å². The van der Waals surface area contributed by atoms with Crippen LogP contribution < -0.4 is 5.73 Å². The number of hydrogen-bond acceptors (Lipinski definition) is 2. The molecule has 2 unspecified atom stereocenters. The number of nitrogens with zero attached hydrogens (tertiary/aromatic N) is 1. The lowest BCUT2D eigenvalue weighted by Crippen LogP contribution is -2.43. The Morgan fingerprint density at radius 1 is 1.39 bits per heavy atom. The van der Waals surface area contributed by atoms with Gasteiger partial charge in [-0.3, -0.25) is 4.90 Å². The zero-order valence-electron chi connectivity index (χ0n) is 11.1. The number of nitrogens with two attached hydrogens (primary N) is 1. The molecule has 0 aliphatic carbocycles. The lowest BCUT2D eigenvalue weighted by Gasteiger charge is -2.38. The first-order chi connectivity index (χ1) is 8.30. The molecule has 1 aliphatic heterocycles. The fraction of sp³-hybridized carbons (Fsp3) is 0.571. The van der Waals surface area contributed by atoms with E-state index in [0.29, 0.717) is 10.6 Å². The monoisotopic (exact) mass is 270 g/mol. The Morgan fingerprint density at radius 2 is 2.06 bits per heavy atom. The molecule has 0 aromatic heterocycles. The Kier molecular flexibility index (Phi) is 3.67. The predicted molar refractivity (Wildman–Crippen MR) is 73.2 cm³/mol. The summed E-state index contributed by atoms with van der Waals surface area (Å²) in [6.45, 7) is 7.29. The molecule has 0 saturated carbocycles. The van der Waals surface area contributed by atoms with Gasteiger partial charge >= 0.3 is 0 Å². The molecule has 0 amide bonds. The molecule has 18 heavy (non-hydrogen) atoms. The number of rotatable bonds is 1. The summed E-state index contributed by atoms with van der Waals surface area (Å²) in [7, 11) is 0. The first-order valence-corrected chi connectivity index (χ1v) is 6.66. The average molecular weight is 271 g/mol. The van der Waals surface area contributed by atoms with Gasteiger partial charge in [-0.15, -0.1) is 0 Å². The fourth-order valence-corrected chi connectivity index (χ4v) is 2.87. The largest absolute Gasteiger partial charge is 0.326 e. The second kappa shape index (κ2) is 4.80. The van der Waals surface area contributed by atoms with Crippen LogP contribution in [-0.4, -0.2) is 23.0 Å². The normalized spacial score (nSPS) is 25.7. The van der Waals surface area contributed by atoms with Crippen molar-refractivity contribution >= 4 is 11.6 Å². The van der Waals surface area contributed by atoms with Crippen molar-refractivity contribution in [2.75, 3.05) is 6.54 Å². The Bertz CT molecular complexity index is 442. The summed E-state index contributed by atoms with van der Waals surface area (Å²) in [6.07, 6.45) is 0.893. The van der Waals surface area contributed by atoms with E-state index in [2.05, 4.69) is 25.7 Å². The minimum absolute atomic E-state index is 0.0230. The number of halogens is 2. The first-order valence-electron chi connectivity index (χ1n) is 6.28. The van der Waals surface area contributed by atoms with E-state index >= 15 is 0 Å². The molecule has 4 heteroatoms. The van der Waals surface area contributed by atoms with Crippen LogP contribution in [0.4, 0.5) is 4.39 Å². The van der Waals surface area contributed by atoms with Gasteiger partial charge in [-0.25, -0.2) is 4.39 Å². The minimum Gasteiger partial charge on any atom is -0.326 e. The van der Waals surface area contributed by atoms with Crippen molar-refractivity contribution in [2.45, 2.75) is 44.8 Å². The summed E-state index contributed by atoms with van der Waals surface area (Å²) in [5.74, 6) is -0.265. The molecule has 0 bridgehead atoms. The van der Waals surface area contributed by atoms with Crippen LogP contribution in [-0.2, 0) is 0 Å². The van der Waals surface area contributed by atoms with Crippen LogP contribution in [0.25, 0.3) is 0 Å². The quantitative estimate of drug-likeness (QED) is 0.848. The summed E-state index contributed by atoms with van der Waals surface area (Å²) in [5.41, 5.74) is 6.79. The molecular formula is C14H20ClFN2. The molecule has 1 aromatic rings. The van der Waals surface area contributed by atoms with Gasteiger partial charge in [0.15, 0.2) is 0 Å². The molecule has 1 fully saturated rings. The standard InChI is InChI=1S/C14H20ClFN2/c1-14(2,3)18-7-6-12(17)13(18)10-5-4-9(15)8-11(10)16/h4-5,8,12-13H,6-7,17H2,1-3H3. The van der Waals surface area contributed by atoms with E-state index in [0.717, 1.165) is 13.0 Å². The maximum absolute atomic E-state index is 14.1. The van der Waals surface area contributed by atoms with Crippen LogP contribution in [0.1, 0.15) is 38.8 Å². The second-order valence-electron chi connectivity index (χ2n) is 5.93. The van der Waals surface area contributed by atoms with E-state index in [1.165, 1.54) is 6.07 Å². The van der Waals surface area contributed by atoms with Gasteiger partial charge in [-0.1, -0.05) is 17.7 Å². The molecule has 1 saturated heterocycles. The van der Waals surface area contributed by atoms with Crippen LogP contribution in [0.5, 0.6) is 0 Å². The SMILES string of the molecule is CC(C)(C)N1CCC(N)C1c1ccc(Cl)cc1F. The van der Waals surface area contributed by atoms with Gasteiger partial charge in [0.25, 0.3) is 0 Å². The highest BCUT2D eigenvalue weighted by molar-refractivity contribution is 6.30. The third kappa shape index (κ3) is 2.53. The second-order valence-corrected chi connectivity index (χ2v) is 6.36. The number of likely N-dealkylation sites (tertiary alicyclic amines) is 1. The highest BCUT2D eigenvalue weighted by Gasteiger charge is 2.39. The highest BCUT2D eigenvalue weighted by Crippen LogP contribution is 2.38. The Balaban J connectivity index is 2.40. The van der Waals surface area contributed by atoms with Crippen molar-refractivity contribution < 1.29 is 4.39 Å². The summed E-state index contributed by atoms with van der Waals surface area (Å²) < 4.78 is 14.1. The van der Waals surface area contributed by atoms with Crippen molar-refractivity contribution in [3.63, 3.8) is 0 Å². The van der Waals surface area contributed by atoms with E-state index in [-0.39, 0.29) is 23.4 Å². The minimum atomic E-state index is -0.265. The molecule has 100 valence electrons.